The van der Waals surface area contributed by atoms with Gasteiger partial charge in [-0.1, -0.05) is 121 Å². The quantitative estimate of drug-likeness (QED) is 0.0427. The number of nitrogens with zero attached hydrogens (tertiary/aromatic N) is 2. The van der Waals surface area contributed by atoms with Gasteiger partial charge in [0.2, 0.25) is 0 Å². The largest absolute Gasteiger partial charge is 0.461 e. The third-order valence-electron chi connectivity index (χ3n) is 7.16. The maximum atomic E-state index is 11.9. The molecule has 1 unspecified atom stereocenters. The number of hydrogen-bond donors (Lipinski definition) is 0. The fraction of sp³-hybridized carbons (Fsp3) is 0.906. The van der Waals surface area contributed by atoms with E-state index in [-0.39, 0.29) is 5.97 Å². The molecule has 220 valence electrons. The Labute approximate surface area is 236 Å². The van der Waals surface area contributed by atoms with Crippen molar-refractivity contribution in [3.05, 3.63) is 12.2 Å². The number of esters is 1. The van der Waals surface area contributed by atoms with Gasteiger partial charge < -0.3 is 9.64 Å². The zero-order valence-corrected chi connectivity index (χ0v) is 26.4. The van der Waals surface area contributed by atoms with Crippen molar-refractivity contribution in [2.75, 3.05) is 39.5 Å². The molecule has 0 aromatic heterocycles. The molecular weight excluding hydrogens is 476 g/mol. The summed E-state index contributed by atoms with van der Waals surface area (Å²) in [5.41, 5.74) is 0. The maximum absolute atomic E-state index is 11.9. The fourth-order valence-electron chi connectivity index (χ4n) is 4.20. The van der Waals surface area contributed by atoms with Gasteiger partial charge in [0.1, 0.15) is 6.61 Å². The summed E-state index contributed by atoms with van der Waals surface area (Å²) in [7, 11) is 4.35. The number of allylic oxidation sites excluding steroid dienone is 1. The van der Waals surface area contributed by atoms with Crippen LogP contribution in [0.5, 0.6) is 0 Å². The normalized spacial score (nSPS) is 12.7. The van der Waals surface area contributed by atoms with Crippen molar-refractivity contribution in [2.24, 2.45) is 0 Å². The van der Waals surface area contributed by atoms with Crippen LogP contribution >= 0.6 is 11.9 Å². The van der Waals surface area contributed by atoms with Crippen LogP contribution < -0.4 is 0 Å². The van der Waals surface area contributed by atoms with Crippen molar-refractivity contribution in [3.8, 4) is 0 Å². The minimum atomic E-state index is -0.0430. The molecule has 0 saturated carbocycles. The summed E-state index contributed by atoms with van der Waals surface area (Å²) in [6.07, 6.45) is 27.8. The summed E-state index contributed by atoms with van der Waals surface area (Å²) < 4.78 is 7.96. The van der Waals surface area contributed by atoms with E-state index in [4.69, 9.17) is 4.74 Å². The minimum absolute atomic E-state index is 0.0430. The second kappa shape index (κ2) is 28.5. The Morgan fingerprint density at radius 2 is 1.24 bits per heavy atom. The van der Waals surface area contributed by atoms with Gasteiger partial charge in [-0.2, -0.15) is 0 Å². The predicted molar refractivity (Wildman–Crippen MR) is 166 cm³/mol. The number of hydrogen-bond acceptors (Lipinski definition) is 5. The van der Waals surface area contributed by atoms with Crippen LogP contribution in [0.3, 0.4) is 0 Å². The van der Waals surface area contributed by atoms with E-state index >= 15 is 0 Å². The number of carbonyl (C=O) groups is 1. The van der Waals surface area contributed by atoms with Crippen molar-refractivity contribution in [2.45, 2.75) is 149 Å². The summed E-state index contributed by atoms with van der Waals surface area (Å²) in [4.78, 5) is 14.2. The van der Waals surface area contributed by atoms with Crippen LogP contribution in [0.2, 0.25) is 0 Å². The summed E-state index contributed by atoms with van der Waals surface area (Å²) in [6.45, 7) is 9.68. The van der Waals surface area contributed by atoms with Crippen LogP contribution in [-0.4, -0.2) is 60.8 Å². The molecular formula is C32H64N2O2S. The highest BCUT2D eigenvalue weighted by molar-refractivity contribution is 7.97. The number of rotatable bonds is 28. The molecule has 0 aliphatic carbocycles. The van der Waals surface area contributed by atoms with Crippen molar-refractivity contribution in [1.82, 2.24) is 9.21 Å². The molecule has 0 spiro atoms. The third kappa shape index (κ3) is 26.9. The SMILES string of the molecule is CCCCCC/C=C\COC(=O)CCCCCCCN(CCCCCCCCCC)SCC(C)N(C)C. The van der Waals surface area contributed by atoms with E-state index in [0.29, 0.717) is 19.1 Å². The zero-order valence-electron chi connectivity index (χ0n) is 25.6. The molecule has 0 aliphatic rings. The molecule has 0 N–H and O–H groups in total. The topological polar surface area (TPSA) is 32.8 Å². The fourth-order valence-corrected chi connectivity index (χ4v) is 5.44. The van der Waals surface area contributed by atoms with Crippen LogP contribution in [0.1, 0.15) is 143 Å². The Balaban J connectivity index is 3.89. The molecule has 0 aromatic carbocycles. The van der Waals surface area contributed by atoms with Crippen molar-refractivity contribution >= 4 is 17.9 Å². The highest BCUT2D eigenvalue weighted by Crippen LogP contribution is 2.18. The van der Waals surface area contributed by atoms with E-state index < -0.39 is 0 Å². The van der Waals surface area contributed by atoms with Crippen LogP contribution in [0.25, 0.3) is 0 Å². The van der Waals surface area contributed by atoms with E-state index in [9.17, 15) is 4.79 Å². The van der Waals surface area contributed by atoms with Gasteiger partial charge in [-0.15, -0.1) is 0 Å². The maximum Gasteiger partial charge on any atom is 0.306 e. The Hall–Kier alpha value is -0.520. The van der Waals surface area contributed by atoms with Crippen molar-refractivity contribution in [3.63, 3.8) is 0 Å². The summed E-state index contributed by atoms with van der Waals surface area (Å²) >= 11 is 2.05. The van der Waals surface area contributed by atoms with Gasteiger partial charge in [-0.3, -0.25) is 9.10 Å². The standard InChI is InChI=1S/C32H64N2O2S/c1-6-8-10-12-14-15-19-23-27-34(37-30-31(3)33(4)5)28-24-20-17-18-22-26-32(35)36-29-25-21-16-13-11-9-7-2/h21,25,31H,6-20,22-24,26-30H2,1-5H3/b25-21-. The average molecular weight is 541 g/mol. The van der Waals surface area contributed by atoms with Gasteiger partial charge in [-0.05, 0) is 53.1 Å². The Morgan fingerprint density at radius 1 is 0.730 bits per heavy atom. The first-order chi connectivity index (χ1) is 18.0. The first kappa shape index (κ1) is 36.5. The second-order valence-corrected chi connectivity index (χ2v) is 12.1. The lowest BCUT2D eigenvalue weighted by molar-refractivity contribution is -0.142. The van der Waals surface area contributed by atoms with Gasteiger partial charge in [-0.25, -0.2) is 0 Å². The molecule has 5 heteroatoms. The average Bonchev–Trinajstić information content (AvgIpc) is 2.88. The first-order valence-corrected chi connectivity index (χ1v) is 16.8. The first-order valence-electron chi connectivity index (χ1n) is 15.9. The Morgan fingerprint density at radius 3 is 1.81 bits per heavy atom. The van der Waals surface area contributed by atoms with E-state index in [1.807, 2.05) is 18.0 Å². The lowest BCUT2D eigenvalue weighted by Crippen LogP contribution is -2.29. The van der Waals surface area contributed by atoms with E-state index in [1.165, 1.54) is 115 Å². The molecule has 0 amide bonds. The van der Waals surface area contributed by atoms with Crippen molar-refractivity contribution in [1.29, 1.82) is 0 Å². The van der Waals surface area contributed by atoms with E-state index in [2.05, 4.69) is 50.1 Å². The second-order valence-electron chi connectivity index (χ2n) is 11.0. The highest BCUT2D eigenvalue weighted by Gasteiger charge is 2.10. The monoisotopic (exact) mass is 540 g/mol. The summed E-state index contributed by atoms with van der Waals surface area (Å²) in [5.74, 6) is 1.12. The van der Waals surface area contributed by atoms with E-state index in [1.54, 1.807) is 0 Å². The van der Waals surface area contributed by atoms with Gasteiger partial charge in [0.15, 0.2) is 0 Å². The molecule has 0 bridgehead atoms. The van der Waals surface area contributed by atoms with E-state index in [0.717, 1.165) is 19.3 Å². The van der Waals surface area contributed by atoms with Gasteiger partial charge in [0.05, 0.1) is 0 Å². The molecule has 1 atom stereocenters. The molecule has 0 aliphatic heterocycles. The number of unbranched alkanes of at least 4 members (excludes halogenated alkanes) is 15. The number of ether oxygens (including phenoxy) is 1. The smallest absolute Gasteiger partial charge is 0.306 e. The van der Waals surface area contributed by atoms with Crippen LogP contribution in [0.15, 0.2) is 12.2 Å². The van der Waals surface area contributed by atoms with Crippen molar-refractivity contribution < 1.29 is 9.53 Å². The van der Waals surface area contributed by atoms with Gasteiger partial charge in [0.25, 0.3) is 0 Å². The molecule has 37 heavy (non-hydrogen) atoms. The minimum Gasteiger partial charge on any atom is -0.461 e. The highest BCUT2D eigenvalue weighted by atomic mass is 32.2. The van der Waals surface area contributed by atoms with Gasteiger partial charge in [0, 0.05) is 31.3 Å². The molecule has 4 nitrogen and oxygen atoms in total. The Kier molecular flexibility index (Phi) is 28.1. The predicted octanol–water partition coefficient (Wildman–Crippen LogP) is 9.44. The van der Waals surface area contributed by atoms with Crippen LogP contribution in [0.4, 0.5) is 0 Å². The molecule has 0 radical (unpaired) electrons. The summed E-state index contributed by atoms with van der Waals surface area (Å²) in [6, 6.07) is 0.604. The Bertz CT molecular complexity index is 513. The molecule has 0 aromatic rings. The zero-order chi connectivity index (χ0) is 27.4. The van der Waals surface area contributed by atoms with Gasteiger partial charge >= 0.3 is 5.97 Å². The molecule has 0 rings (SSSR count). The van der Waals surface area contributed by atoms with Crippen LogP contribution in [0, 0.1) is 0 Å². The number of carbonyl (C=O) groups excluding carboxylic acids is 1. The lowest BCUT2D eigenvalue weighted by atomic mass is 10.1. The third-order valence-corrected chi connectivity index (χ3v) is 8.52. The molecule has 0 heterocycles. The van der Waals surface area contributed by atoms with Crippen LogP contribution in [-0.2, 0) is 9.53 Å². The molecule has 0 fully saturated rings. The molecule has 0 saturated heterocycles. The lowest BCUT2D eigenvalue weighted by Gasteiger charge is -2.25. The summed E-state index contributed by atoms with van der Waals surface area (Å²) in [5, 5.41) is 0.